The quantitative estimate of drug-likeness (QED) is 0.830. The highest BCUT2D eigenvalue weighted by Gasteiger charge is 2.33. The van der Waals surface area contributed by atoms with Gasteiger partial charge in [-0.2, -0.15) is 13.2 Å². The summed E-state index contributed by atoms with van der Waals surface area (Å²) in [7, 11) is 1.60. The molecule has 0 spiro atoms. The Hall–Kier alpha value is -1.33. The lowest BCUT2D eigenvalue weighted by Gasteiger charge is -2.13. The number of halogens is 3. The van der Waals surface area contributed by atoms with Crippen molar-refractivity contribution in [3.63, 3.8) is 0 Å². The van der Waals surface area contributed by atoms with Gasteiger partial charge in [-0.1, -0.05) is 13.8 Å². The minimum Gasteiger partial charge on any atom is -0.372 e. The zero-order valence-corrected chi connectivity index (χ0v) is 8.68. The van der Waals surface area contributed by atoms with Crippen LogP contribution < -0.4 is 5.32 Å². The maximum Gasteiger partial charge on any atom is 0.434 e. The Morgan fingerprint density at radius 3 is 2.33 bits per heavy atom. The van der Waals surface area contributed by atoms with E-state index in [0.717, 1.165) is 6.20 Å². The summed E-state index contributed by atoms with van der Waals surface area (Å²) < 4.78 is 37.0. The molecule has 0 bridgehead atoms. The van der Waals surface area contributed by atoms with Crippen molar-refractivity contribution in [2.45, 2.75) is 25.9 Å². The van der Waals surface area contributed by atoms with E-state index in [1.54, 1.807) is 20.9 Å². The summed E-state index contributed by atoms with van der Waals surface area (Å²) in [5.74, 6) is 0.278. The lowest BCUT2D eigenvalue weighted by molar-refractivity contribution is -0.141. The summed E-state index contributed by atoms with van der Waals surface area (Å²) in [5.41, 5.74) is -0.627. The van der Waals surface area contributed by atoms with Gasteiger partial charge in [0.15, 0.2) is 5.69 Å². The fourth-order valence-corrected chi connectivity index (χ4v) is 1.14. The third-order valence-corrected chi connectivity index (χ3v) is 1.87. The average molecular weight is 219 g/mol. The SMILES string of the molecule is CNc1ncc(C(F)(F)F)nc1C(C)C. The summed E-state index contributed by atoms with van der Waals surface area (Å²) in [6.45, 7) is 3.54. The standard InChI is InChI=1S/C9H12F3N3/c1-5(2)7-8(13-3)14-4-6(15-7)9(10,11)12/h4-5H,1-3H3,(H,13,14). The highest BCUT2D eigenvalue weighted by Crippen LogP contribution is 2.29. The van der Waals surface area contributed by atoms with Gasteiger partial charge < -0.3 is 5.32 Å². The van der Waals surface area contributed by atoms with E-state index < -0.39 is 11.9 Å². The van der Waals surface area contributed by atoms with Crippen molar-refractivity contribution < 1.29 is 13.2 Å². The fraction of sp³-hybridized carbons (Fsp3) is 0.556. The van der Waals surface area contributed by atoms with Crippen LogP contribution in [0.5, 0.6) is 0 Å². The molecule has 0 fully saturated rings. The molecule has 0 atom stereocenters. The summed E-state index contributed by atoms with van der Waals surface area (Å²) >= 11 is 0. The van der Waals surface area contributed by atoms with Crippen LogP contribution in [0.25, 0.3) is 0 Å². The highest BCUT2D eigenvalue weighted by molar-refractivity contribution is 5.41. The van der Waals surface area contributed by atoms with Crippen LogP contribution in [0.1, 0.15) is 31.2 Å². The molecule has 0 amide bonds. The summed E-state index contributed by atoms with van der Waals surface area (Å²) in [6, 6.07) is 0. The third-order valence-electron chi connectivity index (χ3n) is 1.87. The van der Waals surface area contributed by atoms with Gasteiger partial charge in [0.25, 0.3) is 0 Å². The van der Waals surface area contributed by atoms with E-state index in [1.165, 1.54) is 0 Å². The Bertz CT molecular complexity index is 347. The summed E-state index contributed by atoms with van der Waals surface area (Å²) in [4.78, 5) is 7.26. The first kappa shape index (κ1) is 11.7. The topological polar surface area (TPSA) is 37.8 Å². The second kappa shape index (κ2) is 4.04. The van der Waals surface area contributed by atoms with Gasteiger partial charge in [0, 0.05) is 7.05 Å². The number of anilines is 1. The van der Waals surface area contributed by atoms with Crippen molar-refractivity contribution in [1.82, 2.24) is 9.97 Å². The van der Waals surface area contributed by atoms with E-state index >= 15 is 0 Å². The molecular formula is C9H12F3N3. The fourth-order valence-electron chi connectivity index (χ4n) is 1.14. The van der Waals surface area contributed by atoms with E-state index in [9.17, 15) is 13.2 Å². The van der Waals surface area contributed by atoms with Crippen LogP contribution in [0, 0.1) is 0 Å². The van der Waals surface area contributed by atoms with Gasteiger partial charge in [-0.05, 0) is 5.92 Å². The first-order chi connectivity index (χ1) is 6.86. The second-order valence-corrected chi connectivity index (χ2v) is 3.39. The molecule has 15 heavy (non-hydrogen) atoms. The molecular weight excluding hydrogens is 207 g/mol. The summed E-state index contributed by atoms with van der Waals surface area (Å²) in [6.07, 6.45) is -3.71. The van der Waals surface area contributed by atoms with E-state index in [2.05, 4.69) is 15.3 Å². The first-order valence-corrected chi connectivity index (χ1v) is 4.48. The molecule has 84 valence electrons. The molecule has 1 aromatic heterocycles. The van der Waals surface area contributed by atoms with E-state index in [1.807, 2.05) is 0 Å². The van der Waals surface area contributed by atoms with Gasteiger partial charge in [0.05, 0.1) is 11.9 Å². The van der Waals surface area contributed by atoms with Crippen molar-refractivity contribution in [2.75, 3.05) is 12.4 Å². The van der Waals surface area contributed by atoms with Gasteiger partial charge in [0.2, 0.25) is 0 Å². The molecule has 0 unspecified atom stereocenters. The van der Waals surface area contributed by atoms with Crippen LogP contribution in [0.2, 0.25) is 0 Å². The summed E-state index contributed by atoms with van der Waals surface area (Å²) in [5, 5.41) is 2.71. The number of nitrogens with zero attached hydrogens (tertiary/aromatic N) is 2. The Morgan fingerprint density at radius 2 is 1.93 bits per heavy atom. The number of hydrogen-bond donors (Lipinski definition) is 1. The lowest BCUT2D eigenvalue weighted by atomic mass is 10.1. The molecule has 0 saturated heterocycles. The van der Waals surface area contributed by atoms with Crippen molar-refractivity contribution in [1.29, 1.82) is 0 Å². The third kappa shape index (κ3) is 2.57. The van der Waals surface area contributed by atoms with Gasteiger partial charge >= 0.3 is 6.18 Å². The minimum atomic E-state index is -4.44. The minimum absolute atomic E-state index is 0.109. The number of hydrogen-bond acceptors (Lipinski definition) is 3. The largest absolute Gasteiger partial charge is 0.434 e. The zero-order chi connectivity index (χ0) is 11.6. The van der Waals surface area contributed by atoms with Gasteiger partial charge in [-0.3, -0.25) is 0 Å². The van der Waals surface area contributed by atoms with Gasteiger partial charge in [-0.25, -0.2) is 9.97 Å². The van der Waals surface area contributed by atoms with Crippen molar-refractivity contribution in [3.8, 4) is 0 Å². The number of aromatic nitrogens is 2. The maximum atomic E-state index is 12.3. The molecule has 0 aliphatic carbocycles. The predicted octanol–water partition coefficient (Wildman–Crippen LogP) is 2.66. The molecule has 1 N–H and O–H groups in total. The van der Waals surface area contributed by atoms with Crippen molar-refractivity contribution in [2.24, 2.45) is 0 Å². The number of alkyl halides is 3. The number of rotatable bonds is 2. The van der Waals surface area contributed by atoms with Crippen LogP contribution in [0.15, 0.2) is 6.20 Å². The molecule has 1 rings (SSSR count). The molecule has 0 aromatic carbocycles. The molecule has 0 radical (unpaired) electrons. The van der Waals surface area contributed by atoms with Gasteiger partial charge in [0.1, 0.15) is 5.82 Å². The van der Waals surface area contributed by atoms with Crippen LogP contribution in [-0.4, -0.2) is 17.0 Å². The Balaban J connectivity index is 3.22. The maximum absolute atomic E-state index is 12.3. The molecule has 0 aliphatic heterocycles. The van der Waals surface area contributed by atoms with Crippen molar-refractivity contribution in [3.05, 3.63) is 17.6 Å². The lowest BCUT2D eigenvalue weighted by Crippen LogP contribution is -2.13. The highest BCUT2D eigenvalue weighted by atomic mass is 19.4. The normalized spacial score (nSPS) is 11.9. The molecule has 1 heterocycles. The second-order valence-electron chi connectivity index (χ2n) is 3.39. The van der Waals surface area contributed by atoms with Crippen molar-refractivity contribution >= 4 is 5.82 Å². The molecule has 0 aliphatic rings. The van der Waals surface area contributed by atoms with E-state index in [4.69, 9.17) is 0 Å². The first-order valence-electron chi connectivity index (χ1n) is 4.48. The van der Waals surface area contributed by atoms with Crippen LogP contribution in [-0.2, 0) is 6.18 Å². The molecule has 0 saturated carbocycles. The smallest absolute Gasteiger partial charge is 0.372 e. The van der Waals surface area contributed by atoms with Crippen LogP contribution in [0.4, 0.5) is 19.0 Å². The molecule has 3 nitrogen and oxygen atoms in total. The zero-order valence-electron chi connectivity index (χ0n) is 8.68. The monoisotopic (exact) mass is 219 g/mol. The van der Waals surface area contributed by atoms with Gasteiger partial charge in [-0.15, -0.1) is 0 Å². The molecule has 6 heteroatoms. The Kier molecular flexibility index (Phi) is 3.16. The number of nitrogens with one attached hydrogen (secondary N) is 1. The van der Waals surface area contributed by atoms with Crippen LogP contribution >= 0.6 is 0 Å². The predicted molar refractivity (Wildman–Crippen MR) is 50.7 cm³/mol. The Morgan fingerprint density at radius 1 is 1.33 bits per heavy atom. The van der Waals surface area contributed by atoms with Crippen LogP contribution in [0.3, 0.4) is 0 Å². The van der Waals surface area contributed by atoms with E-state index in [-0.39, 0.29) is 5.92 Å². The molecule has 1 aromatic rings. The Labute approximate surface area is 85.7 Å². The van der Waals surface area contributed by atoms with E-state index in [0.29, 0.717) is 11.5 Å². The average Bonchev–Trinajstić information content (AvgIpc) is 2.15.